The molecule has 0 spiro atoms. The lowest BCUT2D eigenvalue weighted by Crippen LogP contribution is -2.42. The molecule has 0 aromatic carbocycles. The second-order valence-corrected chi connectivity index (χ2v) is 12.6. The fourth-order valence-corrected chi connectivity index (χ4v) is 5.42. The molecule has 0 N–H and O–H groups in total. The molecule has 0 fully saturated rings. The number of hydrogen-bond acceptors (Lipinski definition) is 1. The third-order valence-electron chi connectivity index (χ3n) is 8.01. The SMILES string of the molecule is CCCCCCCCCCCCCCCN(CCCCCCCCCCCCCCC)C(C)(C)C. The normalized spacial score (nSPS) is 12.2. The van der Waals surface area contributed by atoms with Gasteiger partial charge in [-0.05, 0) is 46.7 Å². The van der Waals surface area contributed by atoms with E-state index in [1.54, 1.807) is 0 Å². The molecule has 35 heavy (non-hydrogen) atoms. The van der Waals surface area contributed by atoms with Crippen LogP contribution in [-0.2, 0) is 0 Å². The zero-order valence-electron chi connectivity index (χ0n) is 25.7. The van der Waals surface area contributed by atoms with Gasteiger partial charge in [-0.2, -0.15) is 0 Å². The van der Waals surface area contributed by atoms with E-state index in [9.17, 15) is 0 Å². The van der Waals surface area contributed by atoms with Crippen LogP contribution in [0.1, 0.15) is 202 Å². The van der Waals surface area contributed by atoms with Gasteiger partial charge in [-0.15, -0.1) is 0 Å². The zero-order chi connectivity index (χ0) is 25.9. The Morgan fingerprint density at radius 1 is 0.314 bits per heavy atom. The Bertz CT molecular complexity index is 353. The summed E-state index contributed by atoms with van der Waals surface area (Å²) < 4.78 is 0. The smallest absolute Gasteiger partial charge is 0.0125 e. The van der Waals surface area contributed by atoms with Gasteiger partial charge in [-0.1, -0.05) is 168 Å². The lowest BCUT2D eigenvalue weighted by atomic mass is 10.0. The summed E-state index contributed by atoms with van der Waals surface area (Å²) in [4.78, 5) is 2.77. The molecule has 212 valence electrons. The van der Waals surface area contributed by atoms with E-state index in [1.165, 1.54) is 180 Å². The number of hydrogen-bond donors (Lipinski definition) is 0. The monoisotopic (exact) mass is 494 g/mol. The molecule has 1 heteroatoms. The highest BCUT2D eigenvalue weighted by Crippen LogP contribution is 2.18. The van der Waals surface area contributed by atoms with E-state index in [-0.39, 0.29) is 0 Å². The van der Waals surface area contributed by atoms with Crippen molar-refractivity contribution < 1.29 is 0 Å². The lowest BCUT2D eigenvalue weighted by molar-refractivity contribution is 0.130. The molecule has 0 heterocycles. The standard InChI is InChI=1S/C34H71N/c1-6-8-10-12-14-16-18-20-22-24-26-28-30-32-35(34(3,4)5)33-31-29-27-25-23-21-19-17-15-13-11-9-7-2/h6-33H2,1-5H3. The van der Waals surface area contributed by atoms with Crippen LogP contribution in [0.4, 0.5) is 0 Å². The van der Waals surface area contributed by atoms with Crippen molar-refractivity contribution in [3.63, 3.8) is 0 Å². The average molecular weight is 494 g/mol. The van der Waals surface area contributed by atoms with Gasteiger partial charge >= 0.3 is 0 Å². The maximum absolute atomic E-state index is 2.77. The minimum atomic E-state index is 0.328. The maximum Gasteiger partial charge on any atom is 0.0125 e. The van der Waals surface area contributed by atoms with E-state index in [4.69, 9.17) is 0 Å². The Morgan fingerprint density at radius 3 is 0.714 bits per heavy atom. The summed E-state index contributed by atoms with van der Waals surface area (Å²) in [5, 5.41) is 0. The van der Waals surface area contributed by atoms with Crippen LogP contribution in [0.2, 0.25) is 0 Å². The van der Waals surface area contributed by atoms with Gasteiger partial charge in [0.25, 0.3) is 0 Å². The second kappa shape index (κ2) is 27.0. The molecular weight excluding hydrogens is 422 g/mol. The van der Waals surface area contributed by atoms with Gasteiger partial charge in [0.15, 0.2) is 0 Å². The molecule has 0 saturated carbocycles. The first-order chi connectivity index (χ1) is 17.0. The number of rotatable bonds is 28. The van der Waals surface area contributed by atoms with E-state index in [2.05, 4.69) is 39.5 Å². The summed E-state index contributed by atoms with van der Waals surface area (Å²) in [5.41, 5.74) is 0.328. The predicted molar refractivity (Wildman–Crippen MR) is 163 cm³/mol. The van der Waals surface area contributed by atoms with E-state index in [0.717, 1.165) is 0 Å². The van der Waals surface area contributed by atoms with E-state index < -0.39 is 0 Å². The van der Waals surface area contributed by atoms with Crippen molar-refractivity contribution in [2.45, 2.75) is 207 Å². The molecule has 0 radical (unpaired) electrons. The van der Waals surface area contributed by atoms with Crippen LogP contribution in [0.25, 0.3) is 0 Å². The van der Waals surface area contributed by atoms with Gasteiger partial charge < -0.3 is 0 Å². The van der Waals surface area contributed by atoms with Gasteiger partial charge in [0, 0.05) is 5.54 Å². The lowest BCUT2D eigenvalue weighted by Gasteiger charge is -2.36. The molecule has 0 aliphatic rings. The van der Waals surface area contributed by atoms with Gasteiger partial charge in [0.2, 0.25) is 0 Å². The molecule has 0 aliphatic carbocycles. The molecule has 0 bridgehead atoms. The first-order valence-corrected chi connectivity index (χ1v) is 16.8. The first-order valence-electron chi connectivity index (χ1n) is 16.8. The van der Waals surface area contributed by atoms with Crippen molar-refractivity contribution in [3.05, 3.63) is 0 Å². The minimum absolute atomic E-state index is 0.328. The van der Waals surface area contributed by atoms with Gasteiger partial charge in [0.1, 0.15) is 0 Å². The molecule has 0 unspecified atom stereocenters. The van der Waals surface area contributed by atoms with Gasteiger partial charge in [-0.3, -0.25) is 4.90 Å². The summed E-state index contributed by atoms with van der Waals surface area (Å²) in [6.07, 6.45) is 37.7. The van der Waals surface area contributed by atoms with Crippen molar-refractivity contribution in [2.24, 2.45) is 0 Å². The zero-order valence-corrected chi connectivity index (χ0v) is 25.7. The summed E-state index contributed by atoms with van der Waals surface area (Å²) in [6, 6.07) is 0. The third-order valence-corrected chi connectivity index (χ3v) is 8.01. The molecule has 1 nitrogen and oxygen atoms in total. The fourth-order valence-electron chi connectivity index (χ4n) is 5.42. The Morgan fingerprint density at radius 2 is 0.514 bits per heavy atom. The van der Waals surface area contributed by atoms with Crippen LogP contribution in [0.5, 0.6) is 0 Å². The van der Waals surface area contributed by atoms with E-state index in [0.29, 0.717) is 5.54 Å². The van der Waals surface area contributed by atoms with Crippen molar-refractivity contribution in [1.29, 1.82) is 0 Å². The fraction of sp³-hybridized carbons (Fsp3) is 1.00. The van der Waals surface area contributed by atoms with Crippen LogP contribution >= 0.6 is 0 Å². The van der Waals surface area contributed by atoms with Crippen molar-refractivity contribution >= 4 is 0 Å². The summed E-state index contributed by atoms with van der Waals surface area (Å²) in [5.74, 6) is 0. The molecule has 0 amide bonds. The Labute approximate surface area is 225 Å². The largest absolute Gasteiger partial charge is 0.298 e. The summed E-state index contributed by atoms with van der Waals surface area (Å²) in [6.45, 7) is 14.5. The summed E-state index contributed by atoms with van der Waals surface area (Å²) >= 11 is 0. The van der Waals surface area contributed by atoms with Crippen molar-refractivity contribution in [3.8, 4) is 0 Å². The molecule has 0 aliphatic heterocycles. The Kier molecular flexibility index (Phi) is 27.0. The van der Waals surface area contributed by atoms with E-state index >= 15 is 0 Å². The Balaban J connectivity index is 3.54. The number of unbranched alkanes of at least 4 members (excludes halogenated alkanes) is 24. The molecule has 0 atom stereocenters. The van der Waals surface area contributed by atoms with Gasteiger partial charge in [-0.25, -0.2) is 0 Å². The predicted octanol–water partition coefficient (Wildman–Crippen LogP) is 12.3. The van der Waals surface area contributed by atoms with Crippen molar-refractivity contribution in [2.75, 3.05) is 13.1 Å². The highest BCUT2D eigenvalue weighted by molar-refractivity contribution is 4.76. The molecule has 0 aromatic rings. The third kappa shape index (κ3) is 26.8. The Hall–Kier alpha value is -0.0400. The molecule has 0 aromatic heterocycles. The number of nitrogens with zero attached hydrogens (tertiary/aromatic N) is 1. The highest BCUT2D eigenvalue weighted by Gasteiger charge is 2.19. The highest BCUT2D eigenvalue weighted by atomic mass is 15.2. The van der Waals surface area contributed by atoms with Crippen LogP contribution < -0.4 is 0 Å². The average Bonchev–Trinajstić information content (AvgIpc) is 2.82. The molecule has 0 saturated heterocycles. The van der Waals surface area contributed by atoms with Crippen LogP contribution in [0.3, 0.4) is 0 Å². The second-order valence-electron chi connectivity index (χ2n) is 12.6. The van der Waals surface area contributed by atoms with Crippen LogP contribution in [-0.4, -0.2) is 23.5 Å². The quantitative estimate of drug-likeness (QED) is 0.0979. The maximum atomic E-state index is 2.77. The van der Waals surface area contributed by atoms with Crippen LogP contribution in [0, 0.1) is 0 Å². The topological polar surface area (TPSA) is 3.24 Å². The van der Waals surface area contributed by atoms with E-state index in [1.807, 2.05) is 0 Å². The van der Waals surface area contributed by atoms with Crippen molar-refractivity contribution in [1.82, 2.24) is 4.90 Å². The van der Waals surface area contributed by atoms with Gasteiger partial charge in [0.05, 0.1) is 0 Å². The van der Waals surface area contributed by atoms with Crippen LogP contribution in [0.15, 0.2) is 0 Å². The molecule has 0 rings (SSSR count). The molecular formula is C34H71N. The summed E-state index contributed by atoms with van der Waals surface area (Å²) in [7, 11) is 0. The minimum Gasteiger partial charge on any atom is -0.298 e. The first kappa shape index (κ1) is 35.0.